The number of fused-ring (bicyclic) bond motifs is 1. The van der Waals surface area contributed by atoms with Gasteiger partial charge in [-0.15, -0.1) is 0 Å². The number of aromatic amines is 1. The molecule has 3 aromatic rings. The predicted octanol–water partition coefficient (Wildman–Crippen LogP) is 4.21. The number of para-hydroxylation sites is 1. The zero-order valence-corrected chi connectivity index (χ0v) is 11.0. The van der Waals surface area contributed by atoms with Crippen LogP contribution in [0.3, 0.4) is 0 Å². The van der Waals surface area contributed by atoms with Crippen molar-refractivity contribution >= 4 is 34.1 Å². The average Bonchev–Trinajstić information content (AvgIpc) is 2.86. The molecule has 1 amide bonds. The normalized spacial score (nSPS) is 10.7. The first kappa shape index (κ1) is 12.7. The Labute approximate surface area is 119 Å². The molecule has 0 atom stereocenters. The van der Waals surface area contributed by atoms with Crippen molar-refractivity contribution in [2.24, 2.45) is 0 Å². The molecule has 2 N–H and O–H groups in total. The number of halogens is 2. The highest BCUT2D eigenvalue weighted by atomic mass is 35.5. The lowest BCUT2D eigenvalue weighted by atomic mass is 10.1. The van der Waals surface area contributed by atoms with Crippen LogP contribution < -0.4 is 5.32 Å². The summed E-state index contributed by atoms with van der Waals surface area (Å²) in [5, 5.41) is 3.66. The second-order valence-corrected chi connectivity index (χ2v) is 4.73. The van der Waals surface area contributed by atoms with Crippen LogP contribution in [0.1, 0.15) is 10.4 Å². The summed E-state index contributed by atoms with van der Waals surface area (Å²) in [7, 11) is 0. The van der Waals surface area contributed by atoms with Crippen LogP contribution >= 0.6 is 11.6 Å². The largest absolute Gasteiger partial charge is 0.360 e. The Kier molecular flexibility index (Phi) is 3.16. The van der Waals surface area contributed by atoms with E-state index >= 15 is 0 Å². The number of nitrogens with one attached hydrogen (secondary N) is 2. The zero-order chi connectivity index (χ0) is 14.1. The van der Waals surface area contributed by atoms with Gasteiger partial charge >= 0.3 is 0 Å². The molecule has 20 heavy (non-hydrogen) atoms. The Hall–Kier alpha value is -2.33. The molecule has 5 heteroatoms. The maximum atomic E-state index is 13.0. The van der Waals surface area contributed by atoms with Gasteiger partial charge < -0.3 is 10.3 Å². The van der Waals surface area contributed by atoms with E-state index in [-0.39, 0.29) is 10.9 Å². The Bertz CT molecular complexity index is 797. The second kappa shape index (κ2) is 4.98. The fraction of sp³-hybridized carbons (Fsp3) is 0. The minimum Gasteiger partial charge on any atom is -0.360 e. The van der Waals surface area contributed by atoms with Gasteiger partial charge in [0.15, 0.2) is 0 Å². The van der Waals surface area contributed by atoms with Gasteiger partial charge in [0, 0.05) is 17.1 Å². The van der Waals surface area contributed by atoms with Crippen molar-refractivity contribution in [1.29, 1.82) is 0 Å². The summed E-state index contributed by atoms with van der Waals surface area (Å²) in [6.07, 6.45) is 1.64. The summed E-state index contributed by atoms with van der Waals surface area (Å²) in [6.45, 7) is 0. The van der Waals surface area contributed by atoms with E-state index in [0.29, 0.717) is 11.3 Å². The molecule has 2 aromatic carbocycles. The first-order valence-electron chi connectivity index (χ1n) is 5.97. The molecule has 1 aromatic heterocycles. The van der Waals surface area contributed by atoms with Crippen molar-refractivity contribution in [3.63, 3.8) is 0 Å². The average molecular weight is 289 g/mol. The molecule has 0 aliphatic heterocycles. The summed E-state index contributed by atoms with van der Waals surface area (Å²) >= 11 is 5.89. The highest BCUT2D eigenvalue weighted by Crippen LogP contribution is 2.24. The van der Waals surface area contributed by atoms with Gasteiger partial charge in [0.2, 0.25) is 0 Å². The lowest BCUT2D eigenvalue weighted by molar-refractivity contribution is 0.102. The molecule has 1 heterocycles. The van der Waals surface area contributed by atoms with Crippen molar-refractivity contribution in [2.45, 2.75) is 0 Å². The molecule has 3 nitrogen and oxygen atoms in total. The number of hydrogen-bond donors (Lipinski definition) is 2. The number of aromatic nitrogens is 1. The standard InChI is InChI=1S/C15H10ClFN2O/c16-12-7-9(17)5-6-14(12)19-15(20)11-8-18-13-4-2-1-3-10(11)13/h1-8,18H,(H,19,20). The molecular formula is C15H10ClFN2O. The van der Waals surface area contributed by atoms with E-state index in [0.717, 1.165) is 17.0 Å². The summed E-state index contributed by atoms with van der Waals surface area (Å²) in [5.74, 6) is -0.740. The number of hydrogen-bond acceptors (Lipinski definition) is 1. The highest BCUT2D eigenvalue weighted by molar-refractivity contribution is 6.34. The molecule has 0 saturated heterocycles. The maximum Gasteiger partial charge on any atom is 0.257 e. The third-order valence-electron chi connectivity index (χ3n) is 3.01. The topological polar surface area (TPSA) is 44.9 Å². The van der Waals surface area contributed by atoms with E-state index in [1.54, 1.807) is 6.20 Å². The molecule has 100 valence electrons. The van der Waals surface area contributed by atoms with Crippen molar-refractivity contribution in [1.82, 2.24) is 4.98 Å². The Morgan fingerprint density at radius 1 is 1.20 bits per heavy atom. The predicted molar refractivity (Wildman–Crippen MR) is 77.7 cm³/mol. The smallest absolute Gasteiger partial charge is 0.257 e. The van der Waals surface area contributed by atoms with Crippen LogP contribution in [0, 0.1) is 5.82 Å². The SMILES string of the molecule is O=C(Nc1ccc(F)cc1Cl)c1c[nH]c2ccccc12. The molecule has 0 saturated carbocycles. The van der Waals surface area contributed by atoms with E-state index in [2.05, 4.69) is 10.3 Å². The number of anilines is 1. The molecule has 0 aliphatic rings. The number of amides is 1. The number of carbonyl (C=O) groups excluding carboxylic acids is 1. The molecule has 0 unspecified atom stereocenters. The molecule has 0 bridgehead atoms. The van der Waals surface area contributed by atoms with Gasteiger partial charge in [0.25, 0.3) is 5.91 Å². The van der Waals surface area contributed by atoms with E-state index in [1.807, 2.05) is 24.3 Å². The second-order valence-electron chi connectivity index (χ2n) is 4.33. The number of benzene rings is 2. The quantitative estimate of drug-likeness (QED) is 0.729. The first-order chi connectivity index (χ1) is 9.65. The highest BCUT2D eigenvalue weighted by Gasteiger charge is 2.13. The van der Waals surface area contributed by atoms with Crippen molar-refractivity contribution < 1.29 is 9.18 Å². The minimum absolute atomic E-state index is 0.165. The van der Waals surface area contributed by atoms with Gasteiger partial charge in [-0.05, 0) is 24.3 Å². The number of carbonyl (C=O) groups is 1. The fourth-order valence-corrected chi connectivity index (χ4v) is 2.25. The van der Waals surface area contributed by atoms with Gasteiger partial charge in [-0.25, -0.2) is 4.39 Å². The van der Waals surface area contributed by atoms with Crippen LogP contribution in [-0.2, 0) is 0 Å². The maximum absolute atomic E-state index is 13.0. The summed E-state index contributed by atoms with van der Waals surface area (Å²) in [4.78, 5) is 15.3. The van der Waals surface area contributed by atoms with Crippen LogP contribution in [0.5, 0.6) is 0 Å². The van der Waals surface area contributed by atoms with E-state index < -0.39 is 5.82 Å². The Morgan fingerprint density at radius 2 is 2.00 bits per heavy atom. The molecule has 0 radical (unpaired) electrons. The Balaban J connectivity index is 1.93. The third-order valence-corrected chi connectivity index (χ3v) is 3.33. The molecule has 0 spiro atoms. The summed E-state index contributed by atoms with van der Waals surface area (Å²) < 4.78 is 13.0. The molecule has 0 fully saturated rings. The molecule has 0 aliphatic carbocycles. The van der Waals surface area contributed by atoms with Crippen LogP contribution in [0.4, 0.5) is 10.1 Å². The third kappa shape index (κ3) is 2.26. The van der Waals surface area contributed by atoms with Crippen molar-refractivity contribution in [3.05, 3.63) is 65.1 Å². The minimum atomic E-state index is -0.444. The summed E-state index contributed by atoms with van der Waals surface area (Å²) in [6, 6.07) is 11.3. The lowest BCUT2D eigenvalue weighted by Crippen LogP contribution is -2.11. The summed E-state index contributed by atoms with van der Waals surface area (Å²) in [5.41, 5.74) is 1.77. The van der Waals surface area contributed by atoms with E-state index in [9.17, 15) is 9.18 Å². The number of rotatable bonds is 2. The van der Waals surface area contributed by atoms with E-state index in [4.69, 9.17) is 11.6 Å². The van der Waals surface area contributed by atoms with Gasteiger partial charge in [-0.1, -0.05) is 29.8 Å². The zero-order valence-electron chi connectivity index (χ0n) is 10.3. The van der Waals surface area contributed by atoms with Gasteiger partial charge in [0.1, 0.15) is 5.82 Å². The van der Waals surface area contributed by atoms with Gasteiger partial charge in [-0.3, -0.25) is 4.79 Å². The molecule has 3 rings (SSSR count). The van der Waals surface area contributed by atoms with Gasteiger partial charge in [0.05, 0.1) is 16.3 Å². The molecular weight excluding hydrogens is 279 g/mol. The van der Waals surface area contributed by atoms with Crippen LogP contribution in [0.15, 0.2) is 48.7 Å². The van der Waals surface area contributed by atoms with Crippen LogP contribution in [0.2, 0.25) is 5.02 Å². The van der Waals surface area contributed by atoms with Crippen LogP contribution in [0.25, 0.3) is 10.9 Å². The first-order valence-corrected chi connectivity index (χ1v) is 6.35. The monoisotopic (exact) mass is 288 g/mol. The van der Waals surface area contributed by atoms with Crippen molar-refractivity contribution in [3.8, 4) is 0 Å². The van der Waals surface area contributed by atoms with Crippen molar-refractivity contribution in [2.75, 3.05) is 5.32 Å². The van der Waals surface area contributed by atoms with Crippen LogP contribution in [-0.4, -0.2) is 10.9 Å². The van der Waals surface area contributed by atoms with E-state index in [1.165, 1.54) is 12.1 Å². The lowest BCUT2D eigenvalue weighted by Gasteiger charge is -2.06. The number of H-pyrrole nitrogens is 1. The Morgan fingerprint density at radius 3 is 2.80 bits per heavy atom. The fourth-order valence-electron chi connectivity index (χ4n) is 2.04. The van der Waals surface area contributed by atoms with Gasteiger partial charge in [-0.2, -0.15) is 0 Å².